The lowest BCUT2D eigenvalue weighted by atomic mass is 9.91. The number of methoxy groups -OCH3 is 2. The van der Waals surface area contributed by atoms with E-state index in [1.165, 1.54) is 0 Å². The summed E-state index contributed by atoms with van der Waals surface area (Å²) in [6, 6.07) is 3.62. The van der Waals surface area contributed by atoms with Crippen molar-refractivity contribution < 1.29 is 14.3 Å². The van der Waals surface area contributed by atoms with Crippen LogP contribution in [0.15, 0.2) is 12.1 Å². The minimum Gasteiger partial charge on any atom is -0.496 e. The summed E-state index contributed by atoms with van der Waals surface area (Å²) >= 11 is 0. The lowest BCUT2D eigenvalue weighted by molar-refractivity contribution is 0.0874. The van der Waals surface area contributed by atoms with Crippen molar-refractivity contribution in [2.24, 2.45) is 5.92 Å². The van der Waals surface area contributed by atoms with Crippen LogP contribution in [-0.4, -0.2) is 33.1 Å². The maximum atomic E-state index is 12.2. The van der Waals surface area contributed by atoms with Gasteiger partial charge in [0, 0.05) is 19.0 Å². The van der Waals surface area contributed by atoms with Gasteiger partial charge in [-0.3, -0.25) is 4.79 Å². The Morgan fingerprint density at radius 2 is 1.88 bits per heavy atom. The standard InChI is InChI=1S/C13H17NO3/c1-8-4-12(17-3)10(5-11(8)16-2)13(15)9-6-14-7-9/h4-5,9,14H,6-7H2,1-3H3. The van der Waals surface area contributed by atoms with Crippen molar-refractivity contribution in [2.75, 3.05) is 27.3 Å². The molecule has 0 amide bonds. The Morgan fingerprint density at radius 1 is 1.24 bits per heavy atom. The van der Waals surface area contributed by atoms with Crippen LogP contribution in [0.3, 0.4) is 0 Å². The summed E-state index contributed by atoms with van der Waals surface area (Å²) in [6.07, 6.45) is 0. The molecule has 2 rings (SSSR count). The zero-order chi connectivity index (χ0) is 12.4. The molecule has 0 bridgehead atoms. The van der Waals surface area contributed by atoms with Crippen molar-refractivity contribution in [3.8, 4) is 11.5 Å². The maximum absolute atomic E-state index is 12.2. The van der Waals surface area contributed by atoms with Gasteiger partial charge >= 0.3 is 0 Å². The number of Topliss-reactive ketones (excluding diaryl/α,β-unsaturated/α-hetero) is 1. The van der Waals surface area contributed by atoms with Gasteiger partial charge in [-0.25, -0.2) is 0 Å². The Morgan fingerprint density at radius 3 is 2.35 bits per heavy atom. The van der Waals surface area contributed by atoms with Crippen LogP contribution in [0, 0.1) is 12.8 Å². The maximum Gasteiger partial charge on any atom is 0.172 e. The molecule has 0 aliphatic carbocycles. The first-order valence-electron chi connectivity index (χ1n) is 5.65. The van der Waals surface area contributed by atoms with Crippen molar-refractivity contribution in [3.63, 3.8) is 0 Å². The van der Waals surface area contributed by atoms with E-state index in [-0.39, 0.29) is 11.7 Å². The summed E-state index contributed by atoms with van der Waals surface area (Å²) in [7, 11) is 3.19. The molecular weight excluding hydrogens is 218 g/mol. The molecule has 1 saturated heterocycles. The minimum atomic E-state index is 0.0660. The SMILES string of the molecule is COc1cc(C(=O)C2CNC2)c(OC)cc1C. The predicted molar refractivity (Wildman–Crippen MR) is 65.0 cm³/mol. The summed E-state index contributed by atoms with van der Waals surface area (Å²) in [6.45, 7) is 3.43. The Hall–Kier alpha value is -1.55. The first kappa shape index (κ1) is 11.9. The van der Waals surface area contributed by atoms with Gasteiger partial charge in [0.25, 0.3) is 0 Å². The van der Waals surface area contributed by atoms with Gasteiger partial charge in [-0.1, -0.05) is 0 Å². The molecule has 1 aliphatic heterocycles. The lowest BCUT2D eigenvalue weighted by Crippen LogP contribution is -2.46. The number of rotatable bonds is 4. The van der Waals surface area contributed by atoms with Gasteiger partial charge in [-0.05, 0) is 24.6 Å². The second-order valence-electron chi connectivity index (χ2n) is 4.24. The van der Waals surface area contributed by atoms with Gasteiger partial charge in [-0.2, -0.15) is 0 Å². The van der Waals surface area contributed by atoms with Gasteiger partial charge in [-0.15, -0.1) is 0 Å². The summed E-state index contributed by atoms with van der Waals surface area (Å²) < 4.78 is 10.5. The largest absolute Gasteiger partial charge is 0.496 e. The third-order valence-corrected chi connectivity index (χ3v) is 3.13. The first-order chi connectivity index (χ1) is 8.17. The number of aryl methyl sites for hydroxylation is 1. The van der Waals surface area contributed by atoms with Crippen LogP contribution in [0.1, 0.15) is 15.9 Å². The van der Waals surface area contributed by atoms with Crippen LogP contribution in [0.2, 0.25) is 0 Å². The van der Waals surface area contributed by atoms with Gasteiger partial charge in [0.2, 0.25) is 0 Å². The van der Waals surface area contributed by atoms with Crippen molar-refractivity contribution in [2.45, 2.75) is 6.92 Å². The van der Waals surface area contributed by atoms with Crippen molar-refractivity contribution in [1.82, 2.24) is 5.32 Å². The minimum absolute atomic E-state index is 0.0660. The fourth-order valence-electron chi connectivity index (χ4n) is 1.94. The number of carbonyl (C=O) groups excluding carboxylic acids is 1. The zero-order valence-electron chi connectivity index (χ0n) is 10.4. The van der Waals surface area contributed by atoms with Crippen LogP contribution in [0.4, 0.5) is 0 Å². The van der Waals surface area contributed by atoms with E-state index in [0.29, 0.717) is 11.3 Å². The average molecular weight is 235 g/mol. The van der Waals surface area contributed by atoms with Gasteiger partial charge in [0.05, 0.1) is 19.8 Å². The smallest absolute Gasteiger partial charge is 0.172 e. The molecule has 0 unspecified atom stereocenters. The van der Waals surface area contributed by atoms with Crippen LogP contribution in [-0.2, 0) is 0 Å². The molecule has 0 spiro atoms. The van der Waals surface area contributed by atoms with E-state index in [1.807, 2.05) is 13.0 Å². The molecule has 0 atom stereocenters. The topological polar surface area (TPSA) is 47.6 Å². The molecule has 17 heavy (non-hydrogen) atoms. The Kier molecular flexibility index (Phi) is 3.33. The van der Waals surface area contributed by atoms with E-state index >= 15 is 0 Å². The number of nitrogens with one attached hydrogen (secondary N) is 1. The van der Waals surface area contributed by atoms with Crippen molar-refractivity contribution in [1.29, 1.82) is 0 Å². The molecule has 0 radical (unpaired) electrons. The molecule has 1 N–H and O–H groups in total. The first-order valence-corrected chi connectivity index (χ1v) is 5.65. The number of hydrogen-bond donors (Lipinski definition) is 1. The Bertz CT molecular complexity index is 439. The molecule has 92 valence electrons. The van der Waals surface area contributed by atoms with E-state index in [4.69, 9.17) is 9.47 Å². The van der Waals surface area contributed by atoms with E-state index in [0.717, 1.165) is 24.4 Å². The Balaban J connectivity index is 2.39. The number of ether oxygens (including phenoxy) is 2. The molecule has 1 heterocycles. The molecule has 1 aromatic carbocycles. The van der Waals surface area contributed by atoms with E-state index in [1.54, 1.807) is 20.3 Å². The van der Waals surface area contributed by atoms with Gasteiger partial charge in [0.15, 0.2) is 5.78 Å². The quantitative estimate of drug-likeness (QED) is 0.802. The fraction of sp³-hybridized carbons (Fsp3) is 0.462. The van der Waals surface area contributed by atoms with E-state index in [9.17, 15) is 4.79 Å². The number of ketones is 1. The summed E-state index contributed by atoms with van der Waals surface area (Å²) in [5.74, 6) is 1.54. The molecule has 0 aromatic heterocycles. The highest BCUT2D eigenvalue weighted by molar-refractivity contribution is 6.01. The average Bonchev–Trinajstić information content (AvgIpc) is 2.26. The number of benzene rings is 1. The third-order valence-electron chi connectivity index (χ3n) is 3.13. The normalized spacial score (nSPS) is 15.2. The Labute approximate surface area is 101 Å². The number of hydrogen-bond acceptors (Lipinski definition) is 4. The van der Waals surface area contributed by atoms with Crippen LogP contribution in [0.25, 0.3) is 0 Å². The molecule has 1 aliphatic rings. The highest BCUT2D eigenvalue weighted by atomic mass is 16.5. The number of carbonyl (C=O) groups is 1. The highest BCUT2D eigenvalue weighted by Gasteiger charge is 2.28. The third kappa shape index (κ3) is 2.13. The second-order valence-corrected chi connectivity index (χ2v) is 4.24. The lowest BCUT2D eigenvalue weighted by Gasteiger charge is -2.26. The molecule has 4 heteroatoms. The molecule has 1 aromatic rings. The molecular formula is C13H17NO3. The molecule has 0 saturated carbocycles. The van der Waals surface area contributed by atoms with E-state index in [2.05, 4.69) is 5.32 Å². The second kappa shape index (κ2) is 4.75. The zero-order valence-corrected chi connectivity index (χ0v) is 10.4. The fourth-order valence-corrected chi connectivity index (χ4v) is 1.94. The van der Waals surface area contributed by atoms with Crippen LogP contribution >= 0.6 is 0 Å². The van der Waals surface area contributed by atoms with Gasteiger partial charge < -0.3 is 14.8 Å². The van der Waals surface area contributed by atoms with Gasteiger partial charge in [0.1, 0.15) is 11.5 Å². The van der Waals surface area contributed by atoms with E-state index < -0.39 is 0 Å². The van der Waals surface area contributed by atoms with Crippen LogP contribution in [0.5, 0.6) is 11.5 Å². The summed E-state index contributed by atoms with van der Waals surface area (Å²) in [5, 5.41) is 3.10. The van der Waals surface area contributed by atoms with Crippen LogP contribution < -0.4 is 14.8 Å². The predicted octanol–water partition coefficient (Wildman–Crippen LogP) is 1.41. The molecule has 1 fully saturated rings. The highest BCUT2D eigenvalue weighted by Crippen LogP contribution is 2.30. The van der Waals surface area contributed by atoms with Crippen molar-refractivity contribution in [3.05, 3.63) is 23.3 Å². The van der Waals surface area contributed by atoms with Crippen molar-refractivity contribution >= 4 is 5.78 Å². The monoisotopic (exact) mass is 235 g/mol. The molecule has 4 nitrogen and oxygen atoms in total. The summed E-state index contributed by atoms with van der Waals surface area (Å²) in [5.41, 5.74) is 1.58. The summed E-state index contributed by atoms with van der Waals surface area (Å²) in [4.78, 5) is 12.2.